The van der Waals surface area contributed by atoms with Crippen molar-refractivity contribution in [3.63, 3.8) is 0 Å². The van der Waals surface area contributed by atoms with Crippen LogP contribution in [0.15, 0.2) is 23.5 Å². The van der Waals surface area contributed by atoms with Crippen molar-refractivity contribution in [3.8, 4) is 0 Å². The van der Waals surface area contributed by atoms with E-state index in [1.54, 1.807) is 0 Å². The second-order valence-electron chi connectivity index (χ2n) is 3.65. The number of halogens is 3. The van der Waals surface area contributed by atoms with Gasteiger partial charge in [0.25, 0.3) is 5.91 Å². The van der Waals surface area contributed by atoms with Crippen LogP contribution in [0.5, 0.6) is 0 Å². The lowest BCUT2D eigenvalue weighted by atomic mass is 10.2. The first-order valence-electron chi connectivity index (χ1n) is 5.07. The van der Waals surface area contributed by atoms with Crippen molar-refractivity contribution >= 4 is 11.7 Å². The number of hydrogen-bond acceptors (Lipinski definition) is 4. The SMILES string of the molecule is CC(NC(=O)c1ccc(C(F)(F)F)cn1)/C(N)=N/O. The van der Waals surface area contributed by atoms with E-state index in [1.165, 1.54) is 6.92 Å². The van der Waals surface area contributed by atoms with E-state index in [1.807, 2.05) is 0 Å². The van der Waals surface area contributed by atoms with Crippen LogP contribution in [0, 0.1) is 0 Å². The van der Waals surface area contributed by atoms with Gasteiger partial charge in [-0.15, -0.1) is 0 Å². The number of amidine groups is 1. The monoisotopic (exact) mass is 276 g/mol. The Kier molecular flexibility index (Phi) is 4.30. The molecule has 0 fully saturated rings. The number of hydrogen-bond donors (Lipinski definition) is 3. The van der Waals surface area contributed by atoms with Crippen LogP contribution in [0.3, 0.4) is 0 Å². The van der Waals surface area contributed by atoms with Crippen LogP contribution in [0.25, 0.3) is 0 Å². The van der Waals surface area contributed by atoms with E-state index in [4.69, 9.17) is 10.9 Å². The van der Waals surface area contributed by atoms with E-state index in [9.17, 15) is 18.0 Å². The zero-order valence-corrected chi connectivity index (χ0v) is 9.77. The van der Waals surface area contributed by atoms with Gasteiger partial charge in [0, 0.05) is 6.20 Å². The highest BCUT2D eigenvalue weighted by atomic mass is 19.4. The minimum absolute atomic E-state index is 0.203. The third-order valence-electron chi connectivity index (χ3n) is 2.23. The zero-order chi connectivity index (χ0) is 14.6. The zero-order valence-electron chi connectivity index (χ0n) is 9.77. The molecule has 19 heavy (non-hydrogen) atoms. The van der Waals surface area contributed by atoms with Crippen LogP contribution in [0.4, 0.5) is 13.2 Å². The topological polar surface area (TPSA) is 101 Å². The number of amides is 1. The lowest BCUT2D eigenvalue weighted by Gasteiger charge is -2.12. The van der Waals surface area contributed by atoms with E-state index in [-0.39, 0.29) is 11.5 Å². The molecule has 104 valence electrons. The van der Waals surface area contributed by atoms with Crippen LogP contribution in [0.2, 0.25) is 0 Å². The lowest BCUT2D eigenvalue weighted by Crippen LogP contribution is -2.42. The minimum atomic E-state index is -4.51. The largest absolute Gasteiger partial charge is 0.417 e. The van der Waals surface area contributed by atoms with Crippen molar-refractivity contribution in [2.24, 2.45) is 10.9 Å². The minimum Gasteiger partial charge on any atom is -0.409 e. The summed E-state index contributed by atoms with van der Waals surface area (Å²) in [6, 6.07) is 0.911. The third kappa shape index (κ3) is 3.83. The van der Waals surface area contributed by atoms with Gasteiger partial charge in [-0.25, -0.2) is 0 Å². The Morgan fingerprint density at radius 3 is 2.58 bits per heavy atom. The molecule has 1 heterocycles. The fourth-order valence-corrected chi connectivity index (χ4v) is 1.13. The molecule has 0 aliphatic carbocycles. The summed E-state index contributed by atoms with van der Waals surface area (Å²) in [5, 5.41) is 13.4. The second-order valence-corrected chi connectivity index (χ2v) is 3.65. The van der Waals surface area contributed by atoms with Gasteiger partial charge in [-0.1, -0.05) is 5.16 Å². The Hall–Kier alpha value is -2.32. The van der Waals surface area contributed by atoms with Gasteiger partial charge in [0.15, 0.2) is 5.84 Å². The van der Waals surface area contributed by atoms with Crippen molar-refractivity contribution in [1.29, 1.82) is 0 Å². The van der Waals surface area contributed by atoms with Gasteiger partial charge in [-0.05, 0) is 19.1 Å². The maximum Gasteiger partial charge on any atom is 0.417 e. The highest BCUT2D eigenvalue weighted by molar-refractivity contribution is 5.96. The molecule has 1 aromatic heterocycles. The summed E-state index contributed by atoms with van der Waals surface area (Å²) in [6.07, 6.45) is -3.95. The molecule has 1 atom stereocenters. The van der Waals surface area contributed by atoms with Crippen LogP contribution in [-0.4, -0.2) is 28.0 Å². The number of aromatic nitrogens is 1. The molecule has 0 saturated carbocycles. The smallest absolute Gasteiger partial charge is 0.409 e. The molecule has 6 nitrogen and oxygen atoms in total. The average molecular weight is 276 g/mol. The Morgan fingerprint density at radius 2 is 2.16 bits per heavy atom. The molecule has 9 heteroatoms. The number of rotatable bonds is 3. The molecule has 0 bridgehead atoms. The number of carbonyl (C=O) groups is 1. The molecule has 1 aromatic rings. The highest BCUT2D eigenvalue weighted by Gasteiger charge is 2.31. The Bertz CT molecular complexity index is 485. The van der Waals surface area contributed by atoms with Gasteiger partial charge < -0.3 is 16.3 Å². The standard InChI is InChI=1S/C10H11F3N4O2/c1-5(8(14)17-19)16-9(18)7-3-2-6(4-15-7)10(11,12)13/h2-5,19H,1H3,(H2,14,17)(H,16,18). The molecule has 0 aromatic carbocycles. The molecule has 0 aliphatic heterocycles. The van der Waals surface area contributed by atoms with Crippen molar-refractivity contribution in [2.45, 2.75) is 19.1 Å². The molecule has 0 spiro atoms. The van der Waals surface area contributed by atoms with Gasteiger partial charge in [-0.3, -0.25) is 9.78 Å². The maximum atomic E-state index is 12.3. The molecule has 0 aliphatic rings. The van der Waals surface area contributed by atoms with E-state index in [0.717, 1.165) is 12.1 Å². The van der Waals surface area contributed by atoms with Crippen LogP contribution >= 0.6 is 0 Å². The molecule has 0 radical (unpaired) electrons. The van der Waals surface area contributed by atoms with E-state index >= 15 is 0 Å². The molecule has 1 amide bonds. The van der Waals surface area contributed by atoms with Gasteiger partial charge in [-0.2, -0.15) is 13.2 Å². The van der Waals surface area contributed by atoms with Crippen molar-refractivity contribution < 1.29 is 23.2 Å². The first-order chi connectivity index (χ1) is 8.75. The van der Waals surface area contributed by atoms with Crippen molar-refractivity contribution in [1.82, 2.24) is 10.3 Å². The van der Waals surface area contributed by atoms with Gasteiger partial charge in [0.2, 0.25) is 0 Å². The summed E-state index contributed by atoms with van der Waals surface area (Å²) < 4.78 is 36.8. The van der Waals surface area contributed by atoms with Crippen LogP contribution in [-0.2, 0) is 6.18 Å². The second kappa shape index (κ2) is 5.55. The molecular weight excluding hydrogens is 265 g/mol. The van der Waals surface area contributed by atoms with Gasteiger partial charge >= 0.3 is 6.18 Å². The van der Waals surface area contributed by atoms with Crippen molar-refractivity contribution in [3.05, 3.63) is 29.6 Å². The highest BCUT2D eigenvalue weighted by Crippen LogP contribution is 2.28. The fourth-order valence-electron chi connectivity index (χ4n) is 1.13. The first kappa shape index (κ1) is 14.7. The quantitative estimate of drug-likeness (QED) is 0.331. The van der Waals surface area contributed by atoms with E-state index in [2.05, 4.69) is 15.5 Å². The number of oxime groups is 1. The number of carbonyl (C=O) groups excluding carboxylic acids is 1. The number of nitrogens with one attached hydrogen (secondary N) is 1. The predicted octanol–water partition coefficient (Wildman–Crippen LogP) is 0.965. The summed E-state index contributed by atoms with van der Waals surface area (Å²) in [5.74, 6) is -0.965. The summed E-state index contributed by atoms with van der Waals surface area (Å²) >= 11 is 0. The summed E-state index contributed by atoms with van der Waals surface area (Å²) in [5.41, 5.74) is 4.09. The first-order valence-corrected chi connectivity index (χ1v) is 5.07. The van der Waals surface area contributed by atoms with Gasteiger partial charge in [0.1, 0.15) is 5.69 Å². The Morgan fingerprint density at radius 1 is 1.53 bits per heavy atom. The van der Waals surface area contributed by atoms with Crippen LogP contribution < -0.4 is 11.1 Å². The van der Waals surface area contributed by atoms with Gasteiger partial charge in [0.05, 0.1) is 11.6 Å². The Labute approximate surface area is 106 Å². The maximum absolute atomic E-state index is 12.3. The molecule has 0 saturated heterocycles. The summed E-state index contributed by atoms with van der Waals surface area (Å²) in [6.45, 7) is 1.44. The number of nitrogens with two attached hydrogens (primary N) is 1. The predicted molar refractivity (Wildman–Crippen MR) is 59.6 cm³/mol. The summed E-state index contributed by atoms with van der Waals surface area (Å²) in [7, 11) is 0. The molecule has 1 unspecified atom stereocenters. The average Bonchev–Trinajstić information content (AvgIpc) is 2.36. The van der Waals surface area contributed by atoms with E-state index in [0.29, 0.717) is 6.20 Å². The number of pyridine rings is 1. The number of nitrogens with zero attached hydrogens (tertiary/aromatic N) is 2. The van der Waals surface area contributed by atoms with E-state index < -0.39 is 23.7 Å². The Balaban J connectivity index is 2.79. The molecule has 4 N–H and O–H groups in total. The fraction of sp³-hybridized carbons (Fsp3) is 0.300. The molecule has 1 rings (SSSR count). The third-order valence-corrected chi connectivity index (χ3v) is 2.23. The molecular formula is C10H11F3N4O2. The normalized spacial score (nSPS) is 14.0. The summed E-state index contributed by atoms with van der Waals surface area (Å²) in [4.78, 5) is 15.0. The lowest BCUT2D eigenvalue weighted by molar-refractivity contribution is -0.137. The van der Waals surface area contributed by atoms with Crippen LogP contribution in [0.1, 0.15) is 23.0 Å². The van der Waals surface area contributed by atoms with Crippen molar-refractivity contribution in [2.75, 3.05) is 0 Å². The number of alkyl halides is 3.